The van der Waals surface area contributed by atoms with Crippen molar-refractivity contribution >= 4 is 34.7 Å². The maximum atomic E-state index is 14.3. The Morgan fingerprint density at radius 2 is 1.91 bits per heavy atom. The van der Waals surface area contributed by atoms with Gasteiger partial charge < -0.3 is 30.5 Å². The van der Waals surface area contributed by atoms with Crippen molar-refractivity contribution in [2.75, 3.05) is 36.3 Å². The van der Waals surface area contributed by atoms with Gasteiger partial charge in [0.1, 0.15) is 18.1 Å². The Balaban J connectivity index is 1.73. The van der Waals surface area contributed by atoms with Gasteiger partial charge in [-0.2, -0.15) is 4.98 Å². The summed E-state index contributed by atoms with van der Waals surface area (Å²) in [5, 5.41) is 18.3. The smallest absolute Gasteiger partial charge is 0.247 e. The molecule has 1 aromatic heterocycles. The summed E-state index contributed by atoms with van der Waals surface area (Å²) in [7, 11) is 1.60. The van der Waals surface area contributed by atoms with Gasteiger partial charge in [0.25, 0.3) is 0 Å². The van der Waals surface area contributed by atoms with E-state index in [4.69, 9.17) is 9.47 Å². The van der Waals surface area contributed by atoms with Crippen molar-refractivity contribution in [3.8, 4) is 11.5 Å². The molecule has 0 unspecified atom stereocenters. The van der Waals surface area contributed by atoms with Gasteiger partial charge in [0.15, 0.2) is 11.6 Å². The Labute approximate surface area is 183 Å². The van der Waals surface area contributed by atoms with E-state index in [2.05, 4.69) is 32.5 Å². The summed E-state index contributed by atoms with van der Waals surface area (Å²) in [6.45, 7) is 4.30. The van der Waals surface area contributed by atoms with Gasteiger partial charge in [0.05, 0.1) is 18.5 Å². The number of amides is 1. The SMILES string of the molecule is C=CC(=O)Nc1ccc(O)c(Nc2nc(Nc3ccc(OCCOC)cc3)ncc2F)c1. The van der Waals surface area contributed by atoms with E-state index < -0.39 is 11.7 Å². The lowest BCUT2D eigenvalue weighted by Gasteiger charge is -2.12. The maximum Gasteiger partial charge on any atom is 0.247 e. The van der Waals surface area contributed by atoms with Crippen LogP contribution in [-0.2, 0) is 9.53 Å². The standard InChI is InChI=1S/C22H22FN5O4/c1-3-20(30)25-15-6-9-19(29)18(12-15)27-21-17(23)13-24-22(28-21)26-14-4-7-16(8-5-14)32-11-10-31-2/h3-9,12-13,29H,1,10-11H2,2H3,(H,25,30)(H2,24,26,27,28). The number of benzene rings is 2. The highest BCUT2D eigenvalue weighted by atomic mass is 19.1. The predicted molar refractivity (Wildman–Crippen MR) is 119 cm³/mol. The molecule has 3 rings (SSSR count). The van der Waals surface area contributed by atoms with Crippen LogP contribution in [0.15, 0.2) is 61.3 Å². The number of phenolic OH excluding ortho intramolecular Hbond substituents is 1. The van der Waals surface area contributed by atoms with Crippen LogP contribution < -0.4 is 20.7 Å². The fourth-order valence-electron chi connectivity index (χ4n) is 2.56. The minimum absolute atomic E-state index is 0.137. The highest BCUT2D eigenvalue weighted by Crippen LogP contribution is 2.30. The Bertz CT molecular complexity index is 1090. The van der Waals surface area contributed by atoms with Crippen LogP contribution in [0.2, 0.25) is 0 Å². The summed E-state index contributed by atoms with van der Waals surface area (Å²) in [5.74, 6) is -0.650. The zero-order valence-corrected chi connectivity index (χ0v) is 17.3. The van der Waals surface area contributed by atoms with Crippen LogP contribution in [0, 0.1) is 5.82 Å². The highest BCUT2D eigenvalue weighted by Gasteiger charge is 2.11. The lowest BCUT2D eigenvalue weighted by atomic mass is 10.2. The Morgan fingerprint density at radius 1 is 1.16 bits per heavy atom. The van der Waals surface area contributed by atoms with E-state index in [0.717, 1.165) is 12.3 Å². The number of anilines is 5. The maximum absolute atomic E-state index is 14.3. The monoisotopic (exact) mass is 439 g/mol. The zero-order valence-electron chi connectivity index (χ0n) is 17.3. The summed E-state index contributed by atoms with van der Waals surface area (Å²) < 4.78 is 24.7. The molecular weight excluding hydrogens is 417 g/mol. The van der Waals surface area contributed by atoms with Gasteiger partial charge in [-0.25, -0.2) is 9.37 Å². The topological polar surface area (TPSA) is 118 Å². The molecule has 0 spiro atoms. The molecule has 1 heterocycles. The first-order chi connectivity index (χ1) is 15.5. The van der Waals surface area contributed by atoms with Gasteiger partial charge in [-0.15, -0.1) is 0 Å². The number of methoxy groups -OCH3 is 1. The molecular formula is C22H22FN5O4. The van der Waals surface area contributed by atoms with E-state index in [-0.39, 0.29) is 23.2 Å². The molecule has 2 aromatic carbocycles. The van der Waals surface area contributed by atoms with Crippen molar-refractivity contribution in [2.45, 2.75) is 0 Å². The van der Waals surface area contributed by atoms with Gasteiger partial charge in [-0.3, -0.25) is 4.79 Å². The third-order valence-electron chi connectivity index (χ3n) is 4.11. The molecule has 32 heavy (non-hydrogen) atoms. The molecule has 10 heteroatoms. The molecule has 0 bridgehead atoms. The second kappa shape index (κ2) is 10.7. The average molecular weight is 439 g/mol. The van der Waals surface area contributed by atoms with E-state index in [0.29, 0.717) is 30.3 Å². The molecule has 0 atom stereocenters. The largest absolute Gasteiger partial charge is 0.506 e. The lowest BCUT2D eigenvalue weighted by molar-refractivity contribution is -0.111. The van der Waals surface area contributed by atoms with E-state index in [1.54, 1.807) is 31.4 Å². The first kappa shape index (κ1) is 22.5. The number of hydrogen-bond acceptors (Lipinski definition) is 8. The second-order valence-electron chi connectivity index (χ2n) is 6.43. The number of aromatic nitrogens is 2. The molecule has 0 aliphatic rings. The molecule has 9 nitrogen and oxygen atoms in total. The summed E-state index contributed by atoms with van der Waals surface area (Å²) in [4.78, 5) is 19.5. The lowest BCUT2D eigenvalue weighted by Crippen LogP contribution is -2.08. The number of nitrogens with zero attached hydrogens (tertiary/aromatic N) is 2. The van der Waals surface area contributed by atoms with Crippen molar-refractivity contribution < 1.29 is 23.8 Å². The molecule has 166 valence electrons. The van der Waals surface area contributed by atoms with Crippen LogP contribution in [0.3, 0.4) is 0 Å². The van der Waals surface area contributed by atoms with Gasteiger partial charge in [0, 0.05) is 18.5 Å². The third-order valence-corrected chi connectivity index (χ3v) is 4.11. The van der Waals surface area contributed by atoms with E-state index in [9.17, 15) is 14.3 Å². The van der Waals surface area contributed by atoms with Crippen LogP contribution in [0.4, 0.5) is 33.2 Å². The molecule has 3 aromatic rings. The fourth-order valence-corrected chi connectivity index (χ4v) is 2.56. The molecule has 0 saturated carbocycles. The van der Waals surface area contributed by atoms with E-state index in [1.807, 2.05) is 0 Å². The Kier molecular flexibility index (Phi) is 7.55. The van der Waals surface area contributed by atoms with E-state index >= 15 is 0 Å². The number of rotatable bonds is 10. The summed E-state index contributed by atoms with van der Waals surface area (Å²) >= 11 is 0. The number of phenols is 1. The molecule has 0 saturated heterocycles. The number of nitrogens with one attached hydrogen (secondary N) is 3. The van der Waals surface area contributed by atoms with Crippen LogP contribution in [-0.4, -0.2) is 41.3 Å². The average Bonchev–Trinajstić information content (AvgIpc) is 2.79. The van der Waals surface area contributed by atoms with Crippen molar-refractivity contribution in [1.82, 2.24) is 9.97 Å². The highest BCUT2D eigenvalue weighted by molar-refractivity contribution is 5.99. The van der Waals surface area contributed by atoms with E-state index in [1.165, 1.54) is 18.2 Å². The minimum Gasteiger partial charge on any atom is -0.506 e. The van der Waals surface area contributed by atoms with Crippen molar-refractivity contribution in [2.24, 2.45) is 0 Å². The van der Waals surface area contributed by atoms with Crippen molar-refractivity contribution in [1.29, 1.82) is 0 Å². The number of carbonyl (C=O) groups excluding carboxylic acids is 1. The minimum atomic E-state index is -0.725. The summed E-state index contributed by atoms with van der Waals surface area (Å²) in [5.41, 5.74) is 1.20. The van der Waals surface area contributed by atoms with Gasteiger partial charge in [-0.05, 0) is 48.5 Å². The molecule has 4 N–H and O–H groups in total. The van der Waals surface area contributed by atoms with Gasteiger partial charge >= 0.3 is 0 Å². The number of halogens is 1. The molecule has 1 amide bonds. The van der Waals surface area contributed by atoms with Crippen LogP contribution in [0.5, 0.6) is 11.5 Å². The van der Waals surface area contributed by atoms with Crippen LogP contribution in [0.1, 0.15) is 0 Å². The molecule has 0 radical (unpaired) electrons. The summed E-state index contributed by atoms with van der Waals surface area (Å²) in [6.07, 6.45) is 2.11. The number of hydrogen-bond donors (Lipinski definition) is 4. The normalized spacial score (nSPS) is 10.3. The quantitative estimate of drug-likeness (QED) is 0.162. The van der Waals surface area contributed by atoms with Crippen LogP contribution in [0.25, 0.3) is 0 Å². The first-order valence-electron chi connectivity index (χ1n) is 9.53. The van der Waals surface area contributed by atoms with Crippen molar-refractivity contribution in [3.05, 3.63) is 67.1 Å². The Morgan fingerprint density at radius 3 is 2.62 bits per heavy atom. The van der Waals surface area contributed by atoms with Gasteiger partial charge in [0.2, 0.25) is 11.9 Å². The molecule has 0 aliphatic carbocycles. The van der Waals surface area contributed by atoms with Crippen molar-refractivity contribution in [3.63, 3.8) is 0 Å². The molecule has 0 aliphatic heterocycles. The third kappa shape index (κ3) is 6.16. The van der Waals surface area contributed by atoms with Gasteiger partial charge in [-0.1, -0.05) is 6.58 Å². The fraction of sp³-hybridized carbons (Fsp3) is 0.136. The predicted octanol–water partition coefficient (Wildman–Crippen LogP) is 3.96. The first-order valence-corrected chi connectivity index (χ1v) is 9.53. The second-order valence-corrected chi connectivity index (χ2v) is 6.43. The number of carbonyl (C=O) groups is 1. The number of ether oxygens (including phenoxy) is 2. The Hall–Kier alpha value is -4.18. The summed E-state index contributed by atoms with van der Waals surface area (Å²) in [6, 6.07) is 11.3. The van der Waals surface area contributed by atoms with Crippen LogP contribution >= 0.6 is 0 Å². The molecule has 0 fully saturated rings. The number of aromatic hydroxyl groups is 1. The zero-order chi connectivity index (χ0) is 22.9.